The van der Waals surface area contributed by atoms with Crippen LogP contribution in [0.1, 0.15) is 44.9 Å². The third-order valence-corrected chi connectivity index (χ3v) is 2.96. The lowest BCUT2D eigenvalue weighted by molar-refractivity contribution is -0.138. The van der Waals surface area contributed by atoms with Crippen LogP contribution >= 0.6 is 0 Å². The first-order valence-electron chi connectivity index (χ1n) is 5.35. The van der Waals surface area contributed by atoms with E-state index in [1.165, 1.54) is 0 Å². The van der Waals surface area contributed by atoms with Gasteiger partial charge in [0, 0.05) is 12.5 Å². The molecule has 3 N–H and O–H groups in total. The SMILES string of the molecule is NC1CCCC(O)(CCCC(F)(F)F)C1. The summed E-state index contributed by atoms with van der Waals surface area (Å²) in [6.07, 6.45) is -2.04. The predicted octanol–water partition coefficient (Wildman–Crippen LogP) is 2.35. The Morgan fingerprint density at radius 3 is 2.60 bits per heavy atom. The molecule has 5 heteroatoms. The van der Waals surface area contributed by atoms with Crippen molar-refractivity contribution in [3.8, 4) is 0 Å². The number of hydrogen-bond donors (Lipinski definition) is 2. The van der Waals surface area contributed by atoms with Gasteiger partial charge in [-0.15, -0.1) is 0 Å². The second-order valence-corrected chi connectivity index (χ2v) is 4.55. The lowest BCUT2D eigenvalue weighted by atomic mass is 9.79. The van der Waals surface area contributed by atoms with Gasteiger partial charge in [0.1, 0.15) is 0 Å². The first-order valence-corrected chi connectivity index (χ1v) is 5.35. The van der Waals surface area contributed by atoms with E-state index in [1.54, 1.807) is 0 Å². The zero-order valence-electron chi connectivity index (χ0n) is 8.69. The Bertz CT molecular complexity index is 207. The molecule has 1 rings (SSSR count). The standard InChI is InChI=1S/C10H18F3NO/c11-10(12,13)6-2-5-9(15)4-1-3-8(14)7-9/h8,15H,1-7,14H2. The molecule has 0 aromatic rings. The molecule has 1 fully saturated rings. The van der Waals surface area contributed by atoms with Crippen molar-refractivity contribution in [1.29, 1.82) is 0 Å². The summed E-state index contributed by atoms with van der Waals surface area (Å²) in [5, 5.41) is 9.99. The molecular formula is C10H18F3NO. The average Bonchev–Trinajstić information content (AvgIpc) is 1.99. The van der Waals surface area contributed by atoms with E-state index in [4.69, 9.17) is 5.73 Å². The molecule has 2 nitrogen and oxygen atoms in total. The number of rotatable bonds is 3. The van der Waals surface area contributed by atoms with E-state index in [-0.39, 0.29) is 18.9 Å². The summed E-state index contributed by atoms with van der Waals surface area (Å²) in [6, 6.07) is -0.0605. The van der Waals surface area contributed by atoms with Gasteiger partial charge < -0.3 is 10.8 Å². The molecule has 0 spiro atoms. The molecule has 0 aromatic heterocycles. The van der Waals surface area contributed by atoms with Crippen LogP contribution in [-0.2, 0) is 0 Å². The fourth-order valence-corrected chi connectivity index (χ4v) is 2.23. The Morgan fingerprint density at radius 1 is 1.40 bits per heavy atom. The lowest BCUT2D eigenvalue weighted by Gasteiger charge is -2.35. The number of nitrogens with two attached hydrogens (primary N) is 1. The molecule has 2 atom stereocenters. The van der Waals surface area contributed by atoms with Gasteiger partial charge in [0.15, 0.2) is 0 Å². The van der Waals surface area contributed by atoms with Crippen molar-refractivity contribution in [3.05, 3.63) is 0 Å². The van der Waals surface area contributed by atoms with Crippen LogP contribution in [0.15, 0.2) is 0 Å². The Balaban J connectivity index is 2.30. The van der Waals surface area contributed by atoms with E-state index in [1.807, 2.05) is 0 Å². The van der Waals surface area contributed by atoms with Crippen LogP contribution in [-0.4, -0.2) is 22.9 Å². The molecule has 0 saturated heterocycles. The summed E-state index contributed by atoms with van der Waals surface area (Å²) >= 11 is 0. The van der Waals surface area contributed by atoms with Crippen LogP contribution in [0.4, 0.5) is 13.2 Å². The molecule has 90 valence electrons. The maximum Gasteiger partial charge on any atom is 0.389 e. The van der Waals surface area contributed by atoms with Gasteiger partial charge in [-0.25, -0.2) is 0 Å². The van der Waals surface area contributed by atoms with Gasteiger partial charge in [0.05, 0.1) is 5.60 Å². The molecule has 15 heavy (non-hydrogen) atoms. The topological polar surface area (TPSA) is 46.2 Å². The monoisotopic (exact) mass is 225 g/mol. The molecule has 2 unspecified atom stereocenters. The van der Waals surface area contributed by atoms with Gasteiger partial charge in [-0.05, 0) is 38.5 Å². The number of hydrogen-bond acceptors (Lipinski definition) is 2. The highest BCUT2D eigenvalue weighted by Crippen LogP contribution is 2.33. The van der Waals surface area contributed by atoms with Crippen molar-refractivity contribution in [2.45, 2.75) is 62.8 Å². The Morgan fingerprint density at radius 2 is 2.07 bits per heavy atom. The second-order valence-electron chi connectivity index (χ2n) is 4.55. The van der Waals surface area contributed by atoms with Gasteiger partial charge in [-0.2, -0.15) is 13.2 Å². The van der Waals surface area contributed by atoms with Crippen molar-refractivity contribution in [2.24, 2.45) is 5.73 Å². The zero-order valence-corrected chi connectivity index (χ0v) is 8.69. The summed E-state index contributed by atoms with van der Waals surface area (Å²) in [7, 11) is 0. The first-order chi connectivity index (χ1) is 6.81. The summed E-state index contributed by atoms with van der Waals surface area (Å²) in [4.78, 5) is 0. The van der Waals surface area contributed by atoms with Crippen molar-refractivity contribution in [1.82, 2.24) is 0 Å². The molecule has 0 aromatic carbocycles. The summed E-state index contributed by atoms with van der Waals surface area (Å²) in [5.41, 5.74) is 4.73. The van der Waals surface area contributed by atoms with Crippen LogP contribution in [0, 0.1) is 0 Å². The van der Waals surface area contributed by atoms with Crippen molar-refractivity contribution in [3.63, 3.8) is 0 Å². The maximum atomic E-state index is 11.9. The largest absolute Gasteiger partial charge is 0.390 e. The minimum Gasteiger partial charge on any atom is -0.390 e. The molecule has 0 aliphatic heterocycles. The summed E-state index contributed by atoms with van der Waals surface area (Å²) < 4.78 is 35.7. The normalized spacial score (nSPS) is 33.0. The van der Waals surface area contributed by atoms with E-state index in [0.717, 1.165) is 12.8 Å². The zero-order chi connectivity index (χ0) is 11.5. The van der Waals surface area contributed by atoms with Gasteiger partial charge >= 0.3 is 6.18 Å². The average molecular weight is 225 g/mol. The Kier molecular flexibility index (Phi) is 4.00. The molecule has 1 aliphatic carbocycles. The summed E-state index contributed by atoms with van der Waals surface area (Å²) in [5.74, 6) is 0. The van der Waals surface area contributed by atoms with Crippen LogP contribution < -0.4 is 5.73 Å². The molecule has 0 amide bonds. The first kappa shape index (κ1) is 12.8. The van der Waals surface area contributed by atoms with Crippen LogP contribution in [0.2, 0.25) is 0 Å². The molecule has 1 saturated carbocycles. The number of alkyl halides is 3. The highest BCUT2D eigenvalue weighted by atomic mass is 19.4. The minimum atomic E-state index is -4.12. The highest BCUT2D eigenvalue weighted by Gasteiger charge is 2.34. The van der Waals surface area contributed by atoms with Gasteiger partial charge in [-0.3, -0.25) is 0 Å². The quantitative estimate of drug-likeness (QED) is 0.774. The van der Waals surface area contributed by atoms with E-state index >= 15 is 0 Å². The lowest BCUT2D eigenvalue weighted by Crippen LogP contribution is -2.41. The van der Waals surface area contributed by atoms with Gasteiger partial charge in [-0.1, -0.05) is 0 Å². The van der Waals surface area contributed by atoms with Crippen LogP contribution in [0.3, 0.4) is 0 Å². The second kappa shape index (κ2) is 4.70. The van der Waals surface area contributed by atoms with E-state index < -0.39 is 18.2 Å². The van der Waals surface area contributed by atoms with Gasteiger partial charge in [0.25, 0.3) is 0 Å². The molecule has 0 heterocycles. The fraction of sp³-hybridized carbons (Fsp3) is 1.00. The molecular weight excluding hydrogens is 207 g/mol. The van der Waals surface area contributed by atoms with Gasteiger partial charge in [0.2, 0.25) is 0 Å². The smallest absolute Gasteiger partial charge is 0.389 e. The van der Waals surface area contributed by atoms with Crippen LogP contribution in [0.25, 0.3) is 0 Å². The highest BCUT2D eigenvalue weighted by molar-refractivity contribution is 4.88. The molecule has 0 bridgehead atoms. The van der Waals surface area contributed by atoms with E-state index in [0.29, 0.717) is 12.8 Å². The molecule has 1 aliphatic rings. The Hall–Kier alpha value is -0.290. The predicted molar refractivity (Wildman–Crippen MR) is 51.3 cm³/mol. The van der Waals surface area contributed by atoms with Crippen LogP contribution in [0.5, 0.6) is 0 Å². The third-order valence-electron chi connectivity index (χ3n) is 2.96. The van der Waals surface area contributed by atoms with Crippen molar-refractivity contribution in [2.75, 3.05) is 0 Å². The molecule has 0 radical (unpaired) electrons. The number of halogens is 3. The fourth-order valence-electron chi connectivity index (χ4n) is 2.23. The Labute approximate surface area is 87.6 Å². The van der Waals surface area contributed by atoms with E-state index in [9.17, 15) is 18.3 Å². The maximum absolute atomic E-state index is 11.9. The minimum absolute atomic E-state index is 0.00722. The van der Waals surface area contributed by atoms with Crippen molar-refractivity contribution >= 4 is 0 Å². The third kappa shape index (κ3) is 4.84. The van der Waals surface area contributed by atoms with Crippen molar-refractivity contribution < 1.29 is 18.3 Å². The van der Waals surface area contributed by atoms with E-state index in [2.05, 4.69) is 0 Å². The number of aliphatic hydroxyl groups is 1. The summed E-state index contributed by atoms with van der Waals surface area (Å²) in [6.45, 7) is 0.